The number of halogens is 3. The highest BCUT2D eigenvalue weighted by Crippen LogP contribution is 2.38. The van der Waals surface area contributed by atoms with Gasteiger partial charge in [0.1, 0.15) is 12.0 Å². The highest BCUT2D eigenvalue weighted by atomic mass is 19.3. The maximum Gasteiger partial charge on any atom is 0.270 e. The maximum atomic E-state index is 13.8. The molecule has 1 aromatic rings. The maximum absolute atomic E-state index is 13.8. The Balaban J connectivity index is 2.58. The van der Waals surface area contributed by atoms with E-state index in [2.05, 4.69) is 4.99 Å². The Kier molecular flexibility index (Phi) is 3.73. The molecule has 1 aromatic carbocycles. The molecule has 0 spiro atoms. The van der Waals surface area contributed by atoms with Crippen molar-refractivity contribution in [2.75, 3.05) is 6.61 Å². The van der Waals surface area contributed by atoms with Gasteiger partial charge in [0.2, 0.25) is 0 Å². The van der Waals surface area contributed by atoms with Gasteiger partial charge in [0, 0.05) is 23.9 Å². The molecule has 0 fully saturated rings. The summed E-state index contributed by atoms with van der Waals surface area (Å²) in [5, 5.41) is 10.7. The lowest BCUT2D eigenvalue weighted by Crippen LogP contribution is -2.46. The number of ether oxygens (including phenoxy) is 1. The number of nitro benzene ring substituents is 1. The molecule has 2 N–H and O–H groups in total. The molecule has 1 heterocycles. The lowest BCUT2D eigenvalue weighted by molar-refractivity contribution is -0.385. The first kappa shape index (κ1) is 14.4. The molecule has 0 radical (unpaired) electrons. The van der Waals surface area contributed by atoms with Crippen LogP contribution in [-0.4, -0.2) is 30.4 Å². The topological polar surface area (TPSA) is 90.8 Å². The van der Waals surface area contributed by atoms with Gasteiger partial charge < -0.3 is 10.5 Å². The third-order valence-corrected chi connectivity index (χ3v) is 2.94. The Hall–Kier alpha value is -2.00. The Labute approximate surface area is 111 Å². The van der Waals surface area contributed by atoms with Gasteiger partial charge in [-0.2, -0.15) is 0 Å². The first-order valence-corrected chi connectivity index (χ1v) is 5.52. The molecular weight excluding hydrogens is 279 g/mol. The minimum atomic E-state index is -3.11. The van der Waals surface area contributed by atoms with Gasteiger partial charge in [0.15, 0.2) is 5.54 Å². The fourth-order valence-electron chi connectivity index (χ4n) is 1.85. The number of benzene rings is 1. The molecule has 1 unspecified atom stereocenters. The van der Waals surface area contributed by atoms with Crippen molar-refractivity contribution in [2.45, 2.75) is 18.2 Å². The van der Waals surface area contributed by atoms with E-state index in [1.165, 1.54) is 0 Å². The molecule has 0 saturated heterocycles. The summed E-state index contributed by atoms with van der Waals surface area (Å²) in [6.07, 6.45) is -3.15. The quantitative estimate of drug-likeness (QED) is 0.675. The monoisotopic (exact) mass is 289 g/mol. The Bertz CT molecular complexity index is 567. The highest BCUT2D eigenvalue weighted by molar-refractivity contribution is 5.64. The van der Waals surface area contributed by atoms with Crippen LogP contribution in [0.2, 0.25) is 0 Å². The van der Waals surface area contributed by atoms with E-state index in [9.17, 15) is 23.3 Å². The van der Waals surface area contributed by atoms with Crippen molar-refractivity contribution in [1.29, 1.82) is 0 Å². The van der Waals surface area contributed by atoms with Crippen LogP contribution in [0.3, 0.4) is 0 Å². The Morgan fingerprint density at radius 3 is 2.75 bits per heavy atom. The Morgan fingerprint density at radius 1 is 1.55 bits per heavy atom. The summed E-state index contributed by atoms with van der Waals surface area (Å²) in [6, 6.07) is 2.37. The third-order valence-electron chi connectivity index (χ3n) is 2.94. The van der Waals surface area contributed by atoms with Crippen molar-refractivity contribution in [1.82, 2.24) is 0 Å². The minimum Gasteiger partial charge on any atom is -0.355 e. The van der Waals surface area contributed by atoms with Crippen LogP contribution in [0.25, 0.3) is 0 Å². The zero-order valence-electron chi connectivity index (χ0n) is 10.0. The van der Waals surface area contributed by atoms with Crippen molar-refractivity contribution in [3.8, 4) is 0 Å². The largest absolute Gasteiger partial charge is 0.355 e. The third kappa shape index (κ3) is 2.37. The normalized spacial score (nSPS) is 25.9. The van der Waals surface area contributed by atoms with E-state index in [1.807, 2.05) is 0 Å². The van der Waals surface area contributed by atoms with Gasteiger partial charge in [0.25, 0.3) is 12.1 Å². The molecule has 1 aliphatic rings. The average Bonchev–Trinajstić information content (AvgIpc) is 2.40. The van der Waals surface area contributed by atoms with Crippen LogP contribution in [0, 0.1) is 15.9 Å². The van der Waals surface area contributed by atoms with E-state index in [-0.39, 0.29) is 0 Å². The summed E-state index contributed by atoms with van der Waals surface area (Å²) >= 11 is 0. The zero-order chi connectivity index (χ0) is 14.9. The number of hydrogen-bond acceptors (Lipinski definition) is 5. The zero-order valence-corrected chi connectivity index (χ0v) is 10.0. The van der Waals surface area contributed by atoms with Crippen molar-refractivity contribution in [3.05, 3.63) is 39.7 Å². The van der Waals surface area contributed by atoms with E-state index in [0.717, 1.165) is 24.4 Å². The molecule has 0 aromatic heterocycles. The minimum absolute atomic E-state index is 0.508. The van der Waals surface area contributed by atoms with E-state index < -0.39 is 46.8 Å². The fourth-order valence-corrected chi connectivity index (χ4v) is 1.85. The molecule has 2 atom stereocenters. The van der Waals surface area contributed by atoms with Crippen LogP contribution >= 0.6 is 0 Å². The van der Waals surface area contributed by atoms with Gasteiger partial charge >= 0.3 is 0 Å². The van der Waals surface area contributed by atoms with Crippen molar-refractivity contribution in [2.24, 2.45) is 10.7 Å². The first-order valence-electron chi connectivity index (χ1n) is 5.52. The lowest BCUT2D eigenvalue weighted by Gasteiger charge is -2.33. The standard InChI is InChI=1S/C11H10F3N3O3/c12-8-2-1-6(17(18)19)3-7(8)11(10(13)14)5-20-9(15)4-16-11/h1-4,9-10H,5,15H2/t9-,11?/m1/s1. The van der Waals surface area contributed by atoms with Crippen LogP contribution in [0.1, 0.15) is 5.56 Å². The number of nitrogens with zero attached hydrogens (tertiary/aromatic N) is 2. The fraction of sp³-hybridized carbons (Fsp3) is 0.364. The van der Waals surface area contributed by atoms with Gasteiger partial charge in [-0.25, -0.2) is 13.2 Å². The molecule has 20 heavy (non-hydrogen) atoms. The van der Waals surface area contributed by atoms with Crippen LogP contribution in [0.4, 0.5) is 18.9 Å². The van der Waals surface area contributed by atoms with Crippen molar-refractivity contribution < 1.29 is 22.8 Å². The summed E-state index contributed by atoms with van der Waals surface area (Å²) in [5.41, 5.74) is 1.90. The second kappa shape index (κ2) is 5.17. The molecular formula is C11H10F3N3O3. The van der Waals surface area contributed by atoms with Crippen LogP contribution in [0.15, 0.2) is 23.2 Å². The van der Waals surface area contributed by atoms with Gasteiger partial charge in [-0.1, -0.05) is 0 Å². The van der Waals surface area contributed by atoms with Gasteiger partial charge in [-0.3, -0.25) is 15.1 Å². The SMILES string of the molecule is N[C@H]1C=NC(c2cc([N+](=O)[O-])ccc2F)(C(F)F)CO1. The molecule has 0 saturated carbocycles. The average molecular weight is 289 g/mol. The van der Waals surface area contributed by atoms with E-state index in [1.54, 1.807) is 0 Å². The summed E-state index contributed by atoms with van der Waals surface area (Å²) in [5.74, 6) is -1.02. The van der Waals surface area contributed by atoms with E-state index in [0.29, 0.717) is 0 Å². The predicted molar refractivity (Wildman–Crippen MR) is 63.2 cm³/mol. The van der Waals surface area contributed by atoms with Gasteiger partial charge in [-0.05, 0) is 6.07 Å². The summed E-state index contributed by atoms with van der Waals surface area (Å²) in [7, 11) is 0. The Morgan fingerprint density at radius 2 is 2.25 bits per heavy atom. The second-order valence-corrected chi connectivity index (χ2v) is 4.20. The number of non-ortho nitro benzene ring substituents is 1. The van der Waals surface area contributed by atoms with Gasteiger partial charge in [0.05, 0.1) is 11.5 Å². The molecule has 2 rings (SSSR count). The molecule has 0 aliphatic carbocycles. The second-order valence-electron chi connectivity index (χ2n) is 4.20. The lowest BCUT2D eigenvalue weighted by atomic mass is 9.90. The number of nitro groups is 1. The first-order chi connectivity index (χ1) is 9.36. The van der Waals surface area contributed by atoms with Crippen molar-refractivity contribution in [3.63, 3.8) is 0 Å². The summed E-state index contributed by atoms with van der Waals surface area (Å²) in [4.78, 5) is 13.5. The van der Waals surface area contributed by atoms with Gasteiger partial charge in [-0.15, -0.1) is 0 Å². The molecule has 108 valence electrons. The number of alkyl halides is 2. The van der Waals surface area contributed by atoms with E-state index >= 15 is 0 Å². The van der Waals surface area contributed by atoms with Crippen LogP contribution in [-0.2, 0) is 10.3 Å². The summed E-state index contributed by atoms with van der Waals surface area (Å²) < 4.78 is 45.3. The molecule has 0 bridgehead atoms. The highest BCUT2D eigenvalue weighted by Gasteiger charge is 2.46. The van der Waals surface area contributed by atoms with E-state index in [4.69, 9.17) is 10.5 Å². The number of rotatable bonds is 3. The number of nitrogens with two attached hydrogens (primary N) is 1. The smallest absolute Gasteiger partial charge is 0.270 e. The molecule has 9 heteroatoms. The molecule has 6 nitrogen and oxygen atoms in total. The van der Waals surface area contributed by atoms with Crippen LogP contribution < -0.4 is 5.73 Å². The molecule has 0 amide bonds. The number of aliphatic imine (C=N–C) groups is 1. The summed E-state index contributed by atoms with van der Waals surface area (Å²) in [6.45, 7) is -0.666. The van der Waals surface area contributed by atoms with Crippen LogP contribution in [0.5, 0.6) is 0 Å². The van der Waals surface area contributed by atoms with Crippen molar-refractivity contribution >= 4 is 11.9 Å². The number of hydrogen-bond donors (Lipinski definition) is 1. The predicted octanol–water partition coefficient (Wildman–Crippen LogP) is 1.58. The molecule has 1 aliphatic heterocycles.